The maximum Gasteiger partial charge on any atom is 0.338 e. The van der Waals surface area contributed by atoms with Crippen LogP contribution in [0.25, 0.3) is 0 Å². The first-order valence-electron chi connectivity index (χ1n) is 11.7. The Morgan fingerprint density at radius 1 is 0.853 bits per heavy atom. The van der Waals surface area contributed by atoms with E-state index in [1.54, 1.807) is 38.1 Å². The van der Waals surface area contributed by atoms with Gasteiger partial charge in [0.05, 0.1) is 29.2 Å². The number of anilines is 1. The number of benzene rings is 3. The Labute approximate surface area is 198 Å². The molecule has 2 bridgehead atoms. The van der Waals surface area contributed by atoms with E-state index in [0.717, 1.165) is 22.3 Å². The minimum Gasteiger partial charge on any atom is -0.459 e. The Balaban J connectivity index is 1.45. The molecule has 2 amide bonds. The monoisotopic (exact) mass is 451 g/mol. The lowest BCUT2D eigenvalue weighted by atomic mass is 9.48. The van der Waals surface area contributed by atoms with Crippen molar-refractivity contribution in [3.8, 4) is 0 Å². The Bertz CT molecular complexity index is 1310. The van der Waals surface area contributed by atoms with Gasteiger partial charge in [0.2, 0.25) is 11.8 Å². The zero-order chi connectivity index (χ0) is 23.8. The molecule has 1 heterocycles. The molecule has 34 heavy (non-hydrogen) atoms. The lowest BCUT2D eigenvalue weighted by Crippen LogP contribution is -2.51. The maximum atomic E-state index is 13.9. The van der Waals surface area contributed by atoms with Crippen molar-refractivity contribution in [2.24, 2.45) is 11.8 Å². The Morgan fingerprint density at radius 3 is 1.97 bits per heavy atom. The number of carbonyl (C=O) groups is 3. The van der Waals surface area contributed by atoms with Crippen LogP contribution in [0.5, 0.6) is 0 Å². The van der Waals surface area contributed by atoms with Gasteiger partial charge >= 0.3 is 5.97 Å². The summed E-state index contributed by atoms with van der Waals surface area (Å²) in [7, 11) is 0. The van der Waals surface area contributed by atoms with Crippen molar-refractivity contribution in [2.45, 2.75) is 38.2 Å². The molecule has 7 rings (SSSR count). The van der Waals surface area contributed by atoms with Gasteiger partial charge in [-0.25, -0.2) is 9.69 Å². The summed E-state index contributed by atoms with van der Waals surface area (Å²) in [6, 6.07) is 23.0. The zero-order valence-corrected chi connectivity index (χ0v) is 19.3. The molecule has 5 nitrogen and oxygen atoms in total. The summed E-state index contributed by atoms with van der Waals surface area (Å²) in [6.07, 6.45) is -0.225. The summed E-state index contributed by atoms with van der Waals surface area (Å²) in [5.74, 6) is -1.85. The maximum absolute atomic E-state index is 13.9. The number of hydrogen-bond acceptors (Lipinski definition) is 4. The number of imide groups is 1. The van der Waals surface area contributed by atoms with Crippen molar-refractivity contribution >= 4 is 23.5 Å². The normalized spacial score (nSPS) is 26.4. The first kappa shape index (κ1) is 20.8. The zero-order valence-electron chi connectivity index (χ0n) is 19.3. The van der Waals surface area contributed by atoms with E-state index in [-0.39, 0.29) is 23.8 Å². The molecule has 3 aliphatic carbocycles. The van der Waals surface area contributed by atoms with Crippen LogP contribution in [-0.2, 0) is 19.7 Å². The fourth-order valence-corrected chi connectivity index (χ4v) is 6.43. The first-order valence-corrected chi connectivity index (χ1v) is 11.7. The summed E-state index contributed by atoms with van der Waals surface area (Å²) < 4.78 is 5.26. The highest BCUT2D eigenvalue weighted by Gasteiger charge is 2.66. The molecule has 2 atom stereocenters. The van der Waals surface area contributed by atoms with Gasteiger partial charge in [0.25, 0.3) is 0 Å². The highest BCUT2D eigenvalue weighted by molar-refractivity contribution is 6.23. The van der Waals surface area contributed by atoms with Crippen LogP contribution in [-0.4, -0.2) is 23.9 Å². The van der Waals surface area contributed by atoms with Crippen LogP contribution in [0.4, 0.5) is 5.69 Å². The van der Waals surface area contributed by atoms with Crippen molar-refractivity contribution < 1.29 is 19.1 Å². The molecular weight excluding hydrogens is 426 g/mol. The third kappa shape index (κ3) is 2.58. The van der Waals surface area contributed by atoms with Gasteiger partial charge in [0, 0.05) is 11.3 Å². The van der Waals surface area contributed by atoms with Crippen molar-refractivity contribution in [2.75, 3.05) is 4.90 Å². The molecule has 170 valence electrons. The second kappa shape index (κ2) is 7.13. The fraction of sp³-hybridized carbons (Fsp3) is 0.276. The van der Waals surface area contributed by atoms with Crippen molar-refractivity contribution in [3.05, 3.63) is 101 Å². The molecule has 0 N–H and O–H groups in total. The molecular formula is C29H25NO4. The first-order chi connectivity index (χ1) is 16.3. The van der Waals surface area contributed by atoms with Gasteiger partial charge in [-0.1, -0.05) is 55.5 Å². The van der Waals surface area contributed by atoms with Gasteiger partial charge in [0.1, 0.15) is 0 Å². The Morgan fingerprint density at radius 2 is 1.41 bits per heavy atom. The highest BCUT2D eigenvalue weighted by Crippen LogP contribution is 2.64. The highest BCUT2D eigenvalue weighted by atomic mass is 16.5. The molecule has 0 aromatic heterocycles. The van der Waals surface area contributed by atoms with Crippen LogP contribution in [0.15, 0.2) is 72.8 Å². The number of hydrogen-bond donors (Lipinski definition) is 0. The quantitative estimate of drug-likeness (QED) is 0.423. The third-order valence-corrected chi connectivity index (χ3v) is 7.75. The lowest BCUT2D eigenvalue weighted by molar-refractivity contribution is -0.123. The van der Waals surface area contributed by atoms with Gasteiger partial charge in [-0.05, 0) is 60.4 Å². The van der Waals surface area contributed by atoms with E-state index in [4.69, 9.17) is 4.74 Å². The molecule has 0 unspecified atom stereocenters. The molecule has 4 aliphatic rings. The summed E-state index contributed by atoms with van der Waals surface area (Å²) in [6.45, 7) is 5.69. The van der Waals surface area contributed by atoms with Crippen LogP contribution >= 0.6 is 0 Å². The lowest BCUT2D eigenvalue weighted by Gasteiger charge is -2.52. The van der Waals surface area contributed by atoms with Crippen LogP contribution < -0.4 is 4.90 Å². The Kier molecular flexibility index (Phi) is 4.37. The summed E-state index contributed by atoms with van der Waals surface area (Å²) in [5.41, 5.74) is 4.83. The number of nitrogens with zero attached hydrogens (tertiary/aromatic N) is 1. The second-order valence-electron chi connectivity index (χ2n) is 9.87. The second-order valence-corrected chi connectivity index (χ2v) is 9.87. The predicted octanol–water partition coefficient (Wildman–Crippen LogP) is 4.82. The molecule has 0 saturated carbocycles. The van der Waals surface area contributed by atoms with E-state index in [0.29, 0.717) is 11.3 Å². The smallest absolute Gasteiger partial charge is 0.338 e. The molecule has 0 radical (unpaired) electrons. The average molecular weight is 452 g/mol. The largest absolute Gasteiger partial charge is 0.459 e. The van der Waals surface area contributed by atoms with E-state index >= 15 is 0 Å². The van der Waals surface area contributed by atoms with Crippen molar-refractivity contribution in [1.29, 1.82) is 0 Å². The van der Waals surface area contributed by atoms with Gasteiger partial charge in [0.15, 0.2) is 0 Å². The molecule has 1 fully saturated rings. The van der Waals surface area contributed by atoms with Crippen LogP contribution in [0.2, 0.25) is 0 Å². The third-order valence-electron chi connectivity index (χ3n) is 7.75. The van der Waals surface area contributed by atoms with E-state index < -0.39 is 23.2 Å². The number of esters is 1. The van der Waals surface area contributed by atoms with Crippen LogP contribution in [0, 0.1) is 11.8 Å². The molecule has 5 heteroatoms. The van der Waals surface area contributed by atoms with Gasteiger partial charge in [-0.2, -0.15) is 0 Å². The van der Waals surface area contributed by atoms with Crippen LogP contribution in [0.3, 0.4) is 0 Å². The minimum absolute atomic E-state index is 0.152. The topological polar surface area (TPSA) is 63.7 Å². The van der Waals surface area contributed by atoms with E-state index in [9.17, 15) is 14.4 Å². The van der Waals surface area contributed by atoms with Gasteiger partial charge in [-0.3, -0.25) is 9.59 Å². The van der Waals surface area contributed by atoms with E-state index in [2.05, 4.69) is 31.2 Å². The molecule has 0 spiro atoms. The number of ether oxygens (including phenoxy) is 1. The van der Waals surface area contributed by atoms with Crippen molar-refractivity contribution in [1.82, 2.24) is 0 Å². The molecule has 1 aliphatic heterocycles. The SMILES string of the molecule is CC(C)OC(=O)c1ccc(N2C(=O)[C@@H]3[C@@H](C2=O)C2c4ccccc4C3(C)c3ccccc32)cc1. The average Bonchev–Trinajstić information content (AvgIpc) is 3.10. The number of carbonyl (C=O) groups excluding carboxylic acids is 3. The van der Waals surface area contributed by atoms with Gasteiger partial charge < -0.3 is 4.74 Å². The molecule has 1 saturated heterocycles. The minimum atomic E-state index is -0.588. The summed E-state index contributed by atoms with van der Waals surface area (Å²) in [4.78, 5) is 41.4. The summed E-state index contributed by atoms with van der Waals surface area (Å²) >= 11 is 0. The molecule has 3 aromatic carbocycles. The Hall–Kier alpha value is -3.73. The van der Waals surface area contributed by atoms with E-state index in [1.807, 2.05) is 24.3 Å². The van der Waals surface area contributed by atoms with Crippen molar-refractivity contribution in [3.63, 3.8) is 0 Å². The molecule has 3 aromatic rings. The van der Waals surface area contributed by atoms with Gasteiger partial charge in [-0.15, -0.1) is 0 Å². The predicted molar refractivity (Wildman–Crippen MR) is 128 cm³/mol. The number of amides is 2. The standard InChI is InChI=1S/C29H25NO4/c1-16(2)34-28(33)17-12-14-18(15-13-17)30-26(31)24-23-19-8-4-6-10-21(19)29(3,25(24)27(30)32)22-11-7-5-9-20(22)23/h4-16,23-25H,1-3H3/t23?,24-,25-,29?/m0/s1. The van der Waals surface area contributed by atoms with Crippen LogP contribution in [0.1, 0.15) is 59.3 Å². The summed E-state index contributed by atoms with van der Waals surface area (Å²) in [5, 5.41) is 0. The number of rotatable bonds is 3. The van der Waals surface area contributed by atoms with E-state index in [1.165, 1.54) is 4.90 Å². The fourth-order valence-electron chi connectivity index (χ4n) is 6.43.